The lowest BCUT2D eigenvalue weighted by atomic mass is 9.99. The Kier molecular flexibility index (Phi) is 3.23. The highest BCUT2D eigenvalue weighted by Gasteiger charge is 2.45. The Morgan fingerprint density at radius 2 is 2.00 bits per heavy atom. The Balaban J connectivity index is 2.31. The third-order valence-corrected chi connectivity index (χ3v) is 9.25. The summed E-state index contributed by atoms with van der Waals surface area (Å²) in [5, 5.41) is 0.264. The predicted octanol–water partition coefficient (Wildman–Crippen LogP) is 4.67. The van der Waals surface area contributed by atoms with Crippen molar-refractivity contribution < 1.29 is 4.43 Å². The maximum Gasteiger partial charge on any atom is 0.193 e. The largest absolute Gasteiger partial charge is 0.408 e. The Hall–Kier alpha value is -0.603. The van der Waals surface area contributed by atoms with E-state index < -0.39 is 8.32 Å². The van der Waals surface area contributed by atoms with Gasteiger partial charge in [0, 0.05) is 0 Å². The minimum atomic E-state index is -1.72. The van der Waals surface area contributed by atoms with Crippen LogP contribution in [0.25, 0.3) is 0 Å². The number of rotatable bonds is 2. The molecule has 0 N–H and O–H groups in total. The van der Waals surface area contributed by atoms with Gasteiger partial charge in [-0.15, -0.1) is 0 Å². The van der Waals surface area contributed by atoms with Gasteiger partial charge in [0.25, 0.3) is 0 Å². The summed E-state index contributed by atoms with van der Waals surface area (Å²) in [5.41, 5.74) is 2.71. The van der Waals surface area contributed by atoms with Crippen molar-refractivity contribution in [2.75, 3.05) is 0 Å². The van der Waals surface area contributed by atoms with Crippen molar-refractivity contribution in [2.45, 2.75) is 64.3 Å². The molecule has 0 saturated carbocycles. The van der Waals surface area contributed by atoms with Crippen LogP contribution in [0.5, 0.6) is 0 Å². The second-order valence-electron chi connectivity index (χ2n) is 7.18. The summed E-state index contributed by atoms with van der Waals surface area (Å²) in [6.45, 7) is 13.8. The molecule has 0 bridgehead atoms. The third-order valence-electron chi connectivity index (χ3n) is 4.68. The van der Waals surface area contributed by atoms with Crippen molar-refractivity contribution in [3.8, 4) is 0 Å². The fraction of sp³-hybridized carbons (Fsp3) is 0.625. The van der Waals surface area contributed by atoms with Crippen molar-refractivity contribution in [1.82, 2.24) is 0 Å². The number of aryl methyl sites for hydroxylation is 1. The lowest BCUT2D eigenvalue weighted by Gasteiger charge is -2.43. The molecule has 0 saturated heterocycles. The first-order valence-corrected chi connectivity index (χ1v) is 9.76. The van der Waals surface area contributed by atoms with E-state index in [4.69, 9.17) is 4.43 Å². The van der Waals surface area contributed by atoms with Gasteiger partial charge in [0.2, 0.25) is 0 Å². The van der Waals surface area contributed by atoms with E-state index in [1.165, 1.54) is 11.1 Å². The van der Waals surface area contributed by atoms with Crippen LogP contribution in [0.3, 0.4) is 0 Å². The highest BCUT2D eigenvalue weighted by molar-refractivity contribution is 6.74. The van der Waals surface area contributed by atoms with E-state index in [0.29, 0.717) is 0 Å². The minimum absolute atomic E-state index is 0.0898. The SMILES string of the molecule is CC1(O[Si](C)(C)C(C)(C)C)CCc2c[c]ccc21. The maximum atomic E-state index is 6.70. The lowest BCUT2D eigenvalue weighted by Crippen LogP contribution is -2.46. The molecule has 18 heavy (non-hydrogen) atoms. The van der Waals surface area contributed by atoms with Crippen LogP contribution in [-0.4, -0.2) is 8.32 Å². The number of benzene rings is 1. The standard InChI is InChI=1S/C16H25OSi/c1-15(2,3)18(5,6)17-16(4)12-11-13-9-7-8-10-14(13)16/h8-10H,11-12H2,1-6H3. The topological polar surface area (TPSA) is 9.23 Å². The lowest BCUT2D eigenvalue weighted by molar-refractivity contribution is 0.0717. The van der Waals surface area contributed by atoms with Crippen LogP contribution >= 0.6 is 0 Å². The molecule has 1 unspecified atom stereocenters. The normalized spacial score (nSPS) is 24.1. The predicted molar refractivity (Wildman–Crippen MR) is 79.2 cm³/mol. The summed E-state index contributed by atoms with van der Waals surface area (Å²) in [4.78, 5) is 0. The molecule has 0 aromatic heterocycles. The summed E-state index contributed by atoms with van der Waals surface area (Å²) >= 11 is 0. The van der Waals surface area contributed by atoms with Gasteiger partial charge in [-0.2, -0.15) is 0 Å². The van der Waals surface area contributed by atoms with E-state index in [9.17, 15) is 0 Å². The van der Waals surface area contributed by atoms with Gasteiger partial charge in [-0.3, -0.25) is 0 Å². The van der Waals surface area contributed by atoms with Crippen molar-refractivity contribution in [1.29, 1.82) is 0 Å². The first-order valence-electron chi connectivity index (χ1n) is 6.85. The van der Waals surface area contributed by atoms with E-state index in [2.05, 4.69) is 59.0 Å². The van der Waals surface area contributed by atoms with Crippen molar-refractivity contribution in [3.63, 3.8) is 0 Å². The molecule has 1 aromatic carbocycles. The summed E-state index contributed by atoms with van der Waals surface area (Å²) in [7, 11) is -1.72. The van der Waals surface area contributed by atoms with Crippen LogP contribution in [0.4, 0.5) is 0 Å². The molecule has 1 radical (unpaired) electrons. The number of hydrogen-bond acceptors (Lipinski definition) is 1. The van der Waals surface area contributed by atoms with Gasteiger partial charge in [0.1, 0.15) is 0 Å². The van der Waals surface area contributed by atoms with Crippen LogP contribution in [0, 0.1) is 6.07 Å². The minimum Gasteiger partial charge on any atom is -0.408 e. The van der Waals surface area contributed by atoms with E-state index in [-0.39, 0.29) is 10.6 Å². The van der Waals surface area contributed by atoms with Gasteiger partial charge in [-0.05, 0) is 55.1 Å². The first-order chi connectivity index (χ1) is 8.16. The number of fused-ring (bicyclic) bond motifs is 1. The van der Waals surface area contributed by atoms with Crippen molar-refractivity contribution in [2.24, 2.45) is 0 Å². The van der Waals surface area contributed by atoms with Crippen LogP contribution in [0.1, 0.15) is 45.2 Å². The molecule has 0 heterocycles. The molecule has 2 heteroatoms. The molecular weight excluding hydrogens is 236 g/mol. The Labute approximate surface area is 113 Å². The molecule has 2 rings (SSSR count). The first kappa shape index (κ1) is 13.8. The van der Waals surface area contributed by atoms with Gasteiger partial charge in [-0.25, -0.2) is 0 Å². The van der Waals surface area contributed by atoms with Gasteiger partial charge in [-0.1, -0.05) is 39.0 Å². The van der Waals surface area contributed by atoms with Gasteiger partial charge in [0.05, 0.1) is 5.60 Å². The fourth-order valence-corrected chi connectivity index (χ4v) is 4.16. The van der Waals surface area contributed by atoms with E-state index in [1.54, 1.807) is 0 Å². The van der Waals surface area contributed by atoms with E-state index in [1.807, 2.05) is 6.07 Å². The molecule has 1 atom stereocenters. The molecule has 1 aromatic rings. The molecule has 1 aliphatic carbocycles. The van der Waals surface area contributed by atoms with E-state index in [0.717, 1.165) is 12.8 Å². The fourth-order valence-electron chi connectivity index (χ4n) is 2.52. The second-order valence-corrected chi connectivity index (χ2v) is 11.9. The van der Waals surface area contributed by atoms with E-state index >= 15 is 0 Å². The smallest absolute Gasteiger partial charge is 0.193 e. The Morgan fingerprint density at radius 3 is 2.61 bits per heavy atom. The average molecular weight is 261 g/mol. The summed E-state index contributed by atoms with van der Waals surface area (Å²) in [6.07, 6.45) is 2.23. The van der Waals surface area contributed by atoms with Crippen LogP contribution < -0.4 is 0 Å². The highest BCUT2D eigenvalue weighted by atomic mass is 28.4. The zero-order chi connectivity index (χ0) is 13.6. The van der Waals surface area contributed by atoms with Gasteiger partial charge >= 0.3 is 0 Å². The zero-order valence-electron chi connectivity index (χ0n) is 12.6. The quantitative estimate of drug-likeness (QED) is 0.703. The molecule has 1 nitrogen and oxygen atoms in total. The van der Waals surface area contributed by atoms with Crippen molar-refractivity contribution >= 4 is 8.32 Å². The summed E-state index contributed by atoms with van der Waals surface area (Å²) in [6, 6.07) is 9.50. The molecule has 0 amide bonds. The van der Waals surface area contributed by atoms with Crippen LogP contribution in [-0.2, 0) is 16.4 Å². The monoisotopic (exact) mass is 261 g/mol. The van der Waals surface area contributed by atoms with Crippen molar-refractivity contribution in [3.05, 3.63) is 35.4 Å². The second kappa shape index (κ2) is 4.21. The molecular formula is C16H25OSi. The maximum absolute atomic E-state index is 6.70. The zero-order valence-corrected chi connectivity index (χ0v) is 13.6. The Bertz CT molecular complexity index is 445. The molecule has 99 valence electrons. The molecule has 0 spiro atoms. The summed E-state index contributed by atoms with van der Waals surface area (Å²) in [5.74, 6) is 0. The van der Waals surface area contributed by atoms with Crippen LogP contribution in [0.2, 0.25) is 18.1 Å². The van der Waals surface area contributed by atoms with Gasteiger partial charge < -0.3 is 4.43 Å². The van der Waals surface area contributed by atoms with Crippen LogP contribution in [0.15, 0.2) is 18.2 Å². The molecule has 1 aliphatic rings. The number of hydrogen-bond donors (Lipinski definition) is 0. The summed E-state index contributed by atoms with van der Waals surface area (Å²) < 4.78 is 6.70. The van der Waals surface area contributed by atoms with Gasteiger partial charge in [0.15, 0.2) is 8.32 Å². The Morgan fingerprint density at radius 1 is 1.33 bits per heavy atom. The molecule has 0 fully saturated rings. The molecule has 0 aliphatic heterocycles. The average Bonchev–Trinajstić information content (AvgIpc) is 2.55. The third kappa shape index (κ3) is 2.28. The highest BCUT2D eigenvalue weighted by Crippen LogP contribution is 2.46.